The lowest BCUT2D eigenvalue weighted by Crippen LogP contribution is -2.24. The van der Waals surface area contributed by atoms with Crippen LogP contribution in [0.3, 0.4) is 0 Å². The van der Waals surface area contributed by atoms with E-state index in [4.69, 9.17) is 11.5 Å². The van der Waals surface area contributed by atoms with Gasteiger partial charge in [0.25, 0.3) is 5.91 Å². The summed E-state index contributed by atoms with van der Waals surface area (Å²) in [7, 11) is -3.60. The fraction of sp³-hybridized carbons (Fsp3) is 0.188. The van der Waals surface area contributed by atoms with E-state index in [1.54, 1.807) is 37.5 Å². The van der Waals surface area contributed by atoms with Crippen molar-refractivity contribution in [2.75, 3.05) is 6.26 Å². The van der Waals surface area contributed by atoms with E-state index in [0.29, 0.717) is 23.1 Å². The SMILES string of the molecule is CCc1c(C(=O)N=C(N)N)ccc(-c2cccnc2)c1S(C)(=O)=O. The number of benzene rings is 1. The van der Waals surface area contributed by atoms with Gasteiger partial charge in [-0.3, -0.25) is 9.78 Å². The second-order valence-corrected chi connectivity index (χ2v) is 7.13. The average Bonchev–Trinajstić information content (AvgIpc) is 2.52. The molecule has 1 heterocycles. The third kappa shape index (κ3) is 3.60. The van der Waals surface area contributed by atoms with Crippen molar-refractivity contribution < 1.29 is 13.2 Å². The van der Waals surface area contributed by atoms with Crippen LogP contribution in [-0.4, -0.2) is 31.5 Å². The third-order valence-electron chi connectivity index (χ3n) is 3.42. The lowest BCUT2D eigenvalue weighted by molar-refractivity contribution is 0.100. The molecule has 0 atom stereocenters. The minimum absolute atomic E-state index is 0.0923. The van der Waals surface area contributed by atoms with Crippen LogP contribution >= 0.6 is 0 Å². The number of amides is 1. The van der Waals surface area contributed by atoms with Gasteiger partial charge in [-0.25, -0.2) is 8.42 Å². The second kappa shape index (κ2) is 6.79. The zero-order valence-corrected chi connectivity index (χ0v) is 14.2. The maximum absolute atomic E-state index is 12.4. The lowest BCUT2D eigenvalue weighted by Gasteiger charge is -2.15. The predicted octanol–water partition coefficient (Wildman–Crippen LogP) is 1.13. The van der Waals surface area contributed by atoms with Gasteiger partial charge in [0.15, 0.2) is 15.8 Å². The molecular weight excluding hydrogens is 328 g/mol. The molecule has 2 rings (SSSR count). The molecule has 1 aromatic carbocycles. The number of rotatable bonds is 4. The second-order valence-electron chi connectivity index (χ2n) is 5.18. The molecule has 1 amide bonds. The lowest BCUT2D eigenvalue weighted by atomic mass is 9.98. The highest BCUT2D eigenvalue weighted by Gasteiger charge is 2.24. The Labute approximate surface area is 140 Å². The summed E-state index contributed by atoms with van der Waals surface area (Å²) in [5.41, 5.74) is 12.2. The third-order valence-corrected chi connectivity index (χ3v) is 4.63. The number of aromatic nitrogens is 1. The van der Waals surface area contributed by atoms with Gasteiger partial charge in [-0.2, -0.15) is 4.99 Å². The van der Waals surface area contributed by atoms with Crippen LogP contribution in [0, 0.1) is 0 Å². The van der Waals surface area contributed by atoms with E-state index < -0.39 is 15.7 Å². The molecule has 0 fully saturated rings. The summed E-state index contributed by atoms with van der Waals surface area (Å²) in [6, 6.07) is 6.58. The van der Waals surface area contributed by atoms with Crippen LogP contribution in [0.5, 0.6) is 0 Å². The Kier molecular flexibility index (Phi) is 4.99. The summed E-state index contributed by atoms with van der Waals surface area (Å²) in [5, 5.41) is 0. The highest BCUT2D eigenvalue weighted by molar-refractivity contribution is 7.91. The van der Waals surface area contributed by atoms with Gasteiger partial charge in [0.1, 0.15) is 0 Å². The minimum Gasteiger partial charge on any atom is -0.370 e. The number of carbonyl (C=O) groups is 1. The van der Waals surface area contributed by atoms with E-state index in [9.17, 15) is 13.2 Å². The van der Waals surface area contributed by atoms with Crippen molar-refractivity contribution in [3.63, 3.8) is 0 Å². The average molecular weight is 346 g/mol. The molecule has 0 aliphatic carbocycles. The largest absolute Gasteiger partial charge is 0.370 e. The summed E-state index contributed by atoms with van der Waals surface area (Å²) >= 11 is 0. The van der Waals surface area contributed by atoms with Crippen molar-refractivity contribution in [1.29, 1.82) is 0 Å². The van der Waals surface area contributed by atoms with Crippen molar-refractivity contribution in [2.45, 2.75) is 18.2 Å². The fourth-order valence-corrected chi connectivity index (χ4v) is 3.82. The number of carbonyl (C=O) groups excluding carboxylic acids is 1. The van der Waals surface area contributed by atoms with Crippen LogP contribution in [0.1, 0.15) is 22.8 Å². The monoisotopic (exact) mass is 346 g/mol. The summed E-state index contributed by atoms with van der Waals surface area (Å²) < 4.78 is 24.8. The predicted molar refractivity (Wildman–Crippen MR) is 92.3 cm³/mol. The highest BCUT2D eigenvalue weighted by Crippen LogP contribution is 2.32. The molecular formula is C16H18N4O3S. The molecule has 0 bridgehead atoms. The molecule has 0 aliphatic rings. The Balaban J connectivity index is 2.83. The van der Waals surface area contributed by atoms with Crippen LogP contribution in [-0.2, 0) is 16.3 Å². The molecule has 1 aromatic heterocycles. The normalized spacial score (nSPS) is 11.1. The first-order chi connectivity index (χ1) is 11.3. The van der Waals surface area contributed by atoms with Gasteiger partial charge in [0.2, 0.25) is 0 Å². The van der Waals surface area contributed by atoms with Gasteiger partial charge >= 0.3 is 0 Å². The molecule has 8 heteroatoms. The first-order valence-corrected chi connectivity index (χ1v) is 9.05. The van der Waals surface area contributed by atoms with Crippen LogP contribution < -0.4 is 11.5 Å². The summed E-state index contributed by atoms with van der Waals surface area (Å²) in [4.78, 5) is 19.8. The van der Waals surface area contributed by atoms with E-state index in [0.717, 1.165) is 6.26 Å². The molecule has 2 aromatic rings. The van der Waals surface area contributed by atoms with Crippen LogP contribution in [0.15, 0.2) is 46.5 Å². The molecule has 0 radical (unpaired) electrons. The van der Waals surface area contributed by atoms with E-state index in [1.165, 1.54) is 6.07 Å². The van der Waals surface area contributed by atoms with E-state index in [-0.39, 0.29) is 16.4 Å². The molecule has 0 saturated carbocycles. The highest BCUT2D eigenvalue weighted by atomic mass is 32.2. The number of pyridine rings is 1. The number of hydrogen-bond acceptors (Lipinski definition) is 4. The number of guanidine groups is 1. The first-order valence-electron chi connectivity index (χ1n) is 7.16. The maximum Gasteiger partial charge on any atom is 0.280 e. The summed E-state index contributed by atoms with van der Waals surface area (Å²) in [6.45, 7) is 1.77. The quantitative estimate of drug-likeness (QED) is 0.631. The molecule has 126 valence electrons. The Morgan fingerprint density at radius 2 is 1.96 bits per heavy atom. The Morgan fingerprint density at radius 3 is 2.46 bits per heavy atom. The molecule has 0 aliphatic heterocycles. The Bertz CT molecular complexity index is 902. The van der Waals surface area contributed by atoms with E-state index in [2.05, 4.69) is 9.98 Å². The zero-order valence-electron chi connectivity index (χ0n) is 13.4. The van der Waals surface area contributed by atoms with E-state index in [1.807, 2.05) is 0 Å². The fourth-order valence-electron chi connectivity index (χ4n) is 2.53. The van der Waals surface area contributed by atoms with Crippen molar-refractivity contribution in [1.82, 2.24) is 4.98 Å². The van der Waals surface area contributed by atoms with Gasteiger partial charge in [-0.1, -0.05) is 19.1 Å². The zero-order chi connectivity index (χ0) is 17.9. The number of nitrogens with two attached hydrogens (primary N) is 2. The molecule has 0 unspecified atom stereocenters. The van der Waals surface area contributed by atoms with Crippen molar-refractivity contribution in [3.8, 4) is 11.1 Å². The number of aliphatic imine (C=N–C) groups is 1. The summed E-state index contributed by atoms with van der Waals surface area (Å²) in [6.07, 6.45) is 4.61. The van der Waals surface area contributed by atoms with Crippen molar-refractivity contribution >= 4 is 21.7 Å². The van der Waals surface area contributed by atoms with Gasteiger partial charge < -0.3 is 11.5 Å². The molecule has 4 N–H and O–H groups in total. The van der Waals surface area contributed by atoms with Gasteiger partial charge in [0, 0.05) is 35.3 Å². The standard InChI is InChI=1S/C16H18N4O3S/c1-3-11-13(15(21)20-16(17)18)7-6-12(14(11)24(2,22)23)10-5-4-8-19-9-10/h4-9H,3H2,1-2H3,(H4,17,18,20,21). The molecule has 0 spiro atoms. The number of hydrogen-bond donors (Lipinski definition) is 2. The van der Waals surface area contributed by atoms with E-state index >= 15 is 0 Å². The number of sulfone groups is 1. The number of nitrogens with zero attached hydrogens (tertiary/aromatic N) is 2. The topological polar surface area (TPSA) is 128 Å². The Hall–Kier alpha value is -2.74. The molecule has 7 nitrogen and oxygen atoms in total. The van der Waals surface area contributed by atoms with Crippen molar-refractivity contribution in [3.05, 3.63) is 47.8 Å². The van der Waals surface area contributed by atoms with Gasteiger partial charge in [-0.15, -0.1) is 0 Å². The molecule has 0 saturated heterocycles. The Morgan fingerprint density at radius 1 is 1.25 bits per heavy atom. The van der Waals surface area contributed by atoms with Crippen LogP contribution in [0.2, 0.25) is 0 Å². The van der Waals surface area contributed by atoms with Gasteiger partial charge in [0.05, 0.1) is 4.90 Å². The first kappa shape index (κ1) is 17.6. The molecule has 24 heavy (non-hydrogen) atoms. The minimum atomic E-state index is -3.60. The van der Waals surface area contributed by atoms with Gasteiger partial charge in [-0.05, 0) is 24.1 Å². The summed E-state index contributed by atoms with van der Waals surface area (Å²) in [5.74, 6) is -1.05. The van der Waals surface area contributed by atoms with Crippen LogP contribution in [0.25, 0.3) is 11.1 Å². The maximum atomic E-state index is 12.4. The smallest absolute Gasteiger partial charge is 0.280 e. The van der Waals surface area contributed by atoms with Crippen LogP contribution in [0.4, 0.5) is 0 Å². The van der Waals surface area contributed by atoms with Crippen molar-refractivity contribution in [2.24, 2.45) is 16.5 Å².